The first-order valence-corrected chi connectivity index (χ1v) is 9.51. The van der Waals surface area contributed by atoms with E-state index in [1.165, 1.54) is 0 Å². The molecular formula is C6H12O14S3. The summed E-state index contributed by atoms with van der Waals surface area (Å²) >= 11 is 0. The van der Waals surface area contributed by atoms with Crippen LogP contribution in [0.3, 0.4) is 0 Å². The molecule has 0 aromatic carbocycles. The third kappa shape index (κ3) is 7.30. The molecule has 1 fully saturated rings. The maximum atomic E-state index is 10.8. The zero-order chi connectivity index (χ0) is 18.1. The summed E-state index contributed by atoms with van der Waals surface area (Å²) < 4.78 is 107. The molecule has 0 bridgehead atoms. The maximum absolute atomic E-state index is 10.8. The zero-order valence-electron chi connectivity index (χ0n) is 10.8. The molecule has 138 valence electrons. The van der Waals surface area contributed by atoms with Crippen molar-refractivity contribution in [2.75, 3.05) is 13.2 Å². The van der Waals surface area contributed by atoms with Gasteiger partial charge in [0.2, 0.25) is 0 Å². The molecule has 1 saturated heterocycles. The van der Waals surface area contributed by atoms with Crippen LogP contribution in [0.25, 0.3) is 0 Å². The molecule has 0 saturated carbocycles. The van der Waals surface area contributed by atoms with Crippen molar-refractivity contribution in [2.24, 2.45) is 0 Å². The highest BCUT2D eigenvalue weighted by molar-refractivity contribution is 7.81. The van der Waals surface area contributed by atoms with E-state index in [1.807, 2.05) is 0 Å². The lowest BCUT2D eigenvalue weighted by atomic mass is 10.0. The summed E-state index contributed by atoms with van der Waals surface area (Å²) in [5.74, 6) is 0. The molecule has 0 amide bonds. The molecule has 0 aromatic rings. The van der Waals surface area contributed by atoms with Crippen molar-refractivity contribution in [3.63, 3.8) is 0 Å². The van der Waals surface area contributed by atoms with Crippen LogP contribution in [0, 0.1) is 0 Å². The van der Waals surface area contributed by atoms with Crippen LogP contribution in [0.5, 0.6) is 0 Å². The highest BCUT2D eigenvalue weighted by Gasteiger charge is 2.48. The molecule has 0 spiro atoms. The minimum atomic E-state index is -5.28. The van der Waals surface area contributed by atoms with E-state index in [2.05, 4.69) is 12.5 Å². The second-order valence-corrected chi connectivity index (χ2v) is 7.24. The van der Waals surface area contributed by atoms with Crippen molar-refractivity contribution >= 4 is 31.2 Å². The van der Waals surface area contributed by atoms with Crippen molar-refractivity contribution in [3.05, 3.63) is 0 Å². The van der Waals surface area contributed by atoms with Crippen LogP contribution < -0.4 is 0 Å². The van der Waals surface area contributed by atoms with Crippen molar-refractivity contribution in [1.82, 2.24) is 0 Å². The molecule has 0 unspecified atom stereocenters. The van der Waals surface area contributed by atoms with E-state index < -0.39 is 68.8 Å². The Balaban J connectivity index is 3.23. The number of rotatable bonds is 7. The Morgan fingerprint density at radius 1 is 0.826 bits per heavy atom. The Morgan fingerprint density at radius 3 is 1.65 bits per heavy atom. The second kappa shape index (κ2) is 7.19. The van der Waals surface area contributed by atoms with Crippen LogP contribution in [0.1, 0.15) is 0 Å². The number of ether oxygens (including phenoxy) is 1. The average molecular weight is 404 g/mol. The minimum absolute atomic E-state index is 0.809. The number of aliphatic hydroxyl groups is 1. The van der Waals surface area contributed by atoms with E-state index in [9.17, 15) is 25.3 Å². The summed E-state index contributed by atoms with van der Waals surface area (Å²) in [7, 11) is -15.7. The Labute approximate surface area is 130 Å². The predicted molar refractivity (Wildman–Crippen MR) is 66.1 cm³/mol. The molecule has 4 atom stereocenters. The molecule has 0 radical (unpaired) electrons. The van der Waals surface area contributed by atoms with Crippen LogP contribution in [0.2, 0.25) is 0 Å². The van der Waals surface area contributed by atoms with Crippen LogP contribution in [0.15, 0.2) is 0 Å². The van der Waals surface area contributed by atoms with Gasteiger partial charge in [0.25, 0.3) is 0 Å². The van der Waals surface area contributed by atoms with Gasteiger partial charge in [-0.3, -0.25) is 13.7 Å². The molecule has 1 heterocycles. The summed E-state index contributed by atoms with van der Waals surface area (Å²) in [6.07, 6.45) is -7.97. The number of hydrogen-bond acceptors (Lipinski definition) is 11. The quantitative estimate of drug-likeness (QED) is 0.309. The van der Waals surface area contributed by atoms with Crippen LogP contribution in [-0.2, 0) is 48.5 Å². The summed E-state index contributed by atoms with van der Waals surface area (Å²) in [5.41, 5.74) is 0. The molecule has 1 rings (SSSR count). The van der Waals surface area contributed by atoms with Crippen LogP contribution >= 0.6 is 0 Å². The van der Waals surface area contributed by atoms with Crippen molar-refractivity contribution in [2.45, 2.75) is 24.4 Å². The van der Waals surface area contributed by atoms with Gasteiger partial charge in [-0.25, -0.2) is 12.5 Å². The summed E-state index contributed by atoms with van der Waals surface area (Å²) in [6.45, 7) is -1.78. The molecule has 23 heavy (non-hydrogen) atoms. The van der Waals surface area contributed by atoms with Gasteiger partial charge in [0.05, 0.1) is 13.2 Å². The lowest BCUT2D eigenvalue weighted by molar-refractivity contribution is -0.173. The fraction of sp³-hybridized carbons (Fsp3) is 1.00. The first-order chi connectivity index (χ1) is 10.2. The van der Waals surface area contributed by atoms with Crippen LogP contribution in [-0.4, -0.2) is 81.6 Å². The Bertz CT molecular complexity index is 706. The molecule has 0 aliphatic carbocycles. The van der Waals surface area contributed by atoms with Gasteiger partial charge in [0.15, 0.2) is 0 Å². The molecule has 1 aliphatic rings. The van der Waals surface area contributed by atoms with Crippen molar-refractivity contribution < 1.29 is 61.3 Å². The smallest absolute Gasteiger partial charge is 0.394 e. The lowest BCUT2D eigenvalue weighted by Gasteiger charge is -2.38. The minimum Gasteiger partial charge on any atom is -0.394 e. The van der Waals surface area contributed by atoms with Gasteiger partial charge in [0, 0.05) is 0 Å². The standard InChI is InChI=1S/C6H12O14S3/c7-1-3-5(19-22(11,12)13)6(20-23(14,15)16)4(2-17-3)18-21(8,9)10/h3-7H,1-2H2,(H,8,9,10)(H,11,12,13)(H,14,15,16)/t3-,4+,5-,6-/m1/s1. The maximum Gasteiger partial charge on any atom is 0.397 e. The van der Waals surface area contributed by atoms with Gasteiger partial charge in [-0.2, -0.15) is 25.3 Å². The monoisotopic (exact) mass is 404 g/mol. The second-order valence-electron chi connectivity index (χ2n) is 4.09. The van der Waals surface area contributed by atoms with Crippen molar-refractivity contribution in [1.29, 1.82) is 0 Å². The number of aliphatic hydroxyl groups excluding tert-OH is 1. The summed E-state index contributed by atoms with van der Waals surface area (Å²) in [5, 5.41) is 9.04. The average Bonchev–Trinajstić information content (AvgIpc) is 2.28. The van der Waals surface area contributed by atoms with Gasteiger partial charge in [-0.05, 0) is 0 Å². The van der Waals surface area contributed by atoms with Gasteiger partial charge < -0.3 is 9.84 Å². The SMILES string of the molecule is O=S(=O)(O)O[C@H]1[C@H](OS(=O)(=O)O)[C@@H](CO)OC[C@@H]1OS(=O)(=O)O. The molecule has 14 nitrogen and oxygen atoms in total. The molecule has 4 N–H and O–H groups in total. The van der Waals surface area contributed by atoms with E-state index in [4.69, 9.17) is 23.5 Å². The third-order valence-electron chi connectivity index (χ3n) is 2.42. The van der Waals surface area contributed by atoms with E-state index in [0.29, 0.717) is 0 Å². The van der Waals surface area contributed by atoms with E-state index in [0.717, 1.165) is 0 Å². The van der Waals surface area contributed by atoms with Gasteiger partial charge >= 0.3 is 31.2 Å². The third-order valence-corrected chi connectivity index (χ3v) is 3.84. The largest absolute Gasteiger partial charge is 0.397 e. The fourth-order valence-corrected chi connectivity index (χ4v) is 3.25. The zero-order valence-corrected chi connectivity index (χ0v) is 13.3. The number of hydrogen-bond donors (Lipinski definition) is 4. The predicted octanol–water partition coefficient (Wildman–Crippen LogP) is -3.06. The fourth-order valence-electron chi connectivity index (χ4n) is 1.74. The topological polar surface area (TPSA) is 220 Å². The first kappa shape index (κ1) is 20.6. The summed E-state index contributed by atoms with van der Waals surface area (Å²) in [4.78, 5) is 0. The van der Waals surface area contributed by atoms with Gasteiger partial charge in [0.1, 0.15) is 24.4 Å². The summed E-state index contributed by atoms with van der Waals surface area (Å²) in [6, 6.07) is 0. The Hall–Kier alpha value is -0.470. The Morgan fingerprint density at radius 2 is 1.26 bits per heavy atom. The van der Waals surface area contributed by atoms with Gasteiger partial charge in [-0.15, -0.1) is 0 Å². The van der Waals surface area contributed by atoms with Crippen LogP contribution in [0.4, 0.5) is 0 Å². The first-order valence-electron chi connectivity index (χ1n) is 5.41. The van der Waals surface area contributed by atoms with E-state index in [1.54, 1.807) is 0 Å². The molecule has 1 aliphatic heterocycles. The molecule has 0 aromatic heterocycles. The normalized spacial score (nSPS) is 30.3. The molecule has 17 heteroatoms. The highest BCUT2D eigenvalue weighted by atomic mass is 32.3. The Kier molecular flexibility index (Phi) is 6.43. The van der Waals surface area contributed by atoms with E-state index in [-0.39, 0.29) is 0 Å². The lowest BCUT2D eigenvalue weighted by Crippen LogP contribution is -2.58. The van der Waals surface area contributed by atoms with Crippen molar-refractivity contribution in [3.8, 4) is 0 Å². The van der Waals surface area contributed by atoms with Gasteiger partial charge in [-0.1, -0.05) is 0 Å². The molecular weight excluding hydrogens is 392 g/mol. The van der Waals surface area contributed by atoms with E-state index >= 15 is 0 Å². The highest BCUT2D eigenvalue weighted by Crippen LogP contribution is 2.26.